The number of amides is 2. The molecule has 0 aromatic heterocycles. The maximum Gasteiger partial charge on any atom is 0.245 e. The average molecular weight is 266 g/mol. The van der Waals surface area contributed by atoms with Gasteiger partial charge in [-0.25, -0.2) is 0 Å². The van der Waals surface area contributed by atoms with E-state index in [1.54, 1.807) is 4.90 Å². The topological polar surface area (TPSA) is 49.4 Å². The van der Waals surface area contributed by atoms with Crippen molar-refractivity contribution in [1.82, 2.24) is 10.2 Å². The molecule has 0 bridgehead atoms. The Kier molecular flexibility index (Phi) is 4.83. The molecule has 0 radical (unpaired) electrons. The zero-order valence-corrected chi connectivity index (χ0v) is 12.2. The van der Waals surface area contributed by atoms with Gasteiger partial charge in [0.15, 0.2) is 0 Å². The van der Waals surface area contributed by atoms with E-state index in [9.17, 15) is 9.59 Å². The zero-order valence-electron chi connectivity index (χ0n) is 12.2. The van der Waals surface area contributed by atoms with Gasteiger partial charge in [-0.05, 0) is 31.1 Å². The summed E-state index contributed by atoms with van der Waals surface area (Å²) in [7, 11) is 0. The fourth-order valence-corrected chi connectivity index (χ4v) is 2.86. The molecule has 2 aliphatic rings. The van der Waals surface area contributed by atoms with Crippen LogP contribution in [-0.2, 0) is 9.59 Å². The number of nitrogens with one attached hydrogen (secondary N) is 1. The molecule has 1 N–H and O–H groups in total. The first-order valence-electron chi connectivity index (χ1n) is 7.73. The Morgan fingerprint density at radius 2 is 2.05 bits per heavy atom. The molecule has 4 nitrogen and oxygen atoms in total. The third-order valence-corrected chi connectivity index (χ3v) is 4.34. The molecule has 19 heavy (non-hydrogen) atoms. The molecule has 2 rings (SSSR count). The lowest BCUT2D eigenvalue weighted by Gasteiger charge is -2.34. The fraction of sp³-hybridized carbons (Fsp3) is 0.867. The molecule has 2 amide bonds. The predicted octanol–water partition coefficient (Wildman–Crippen LogP) is 1.94. The molecule has 2 fully saturated rings. The normalized spacial score (nSPS) is 25.4. The van der Waals surface area contributed by atoms with Crippen molar-refractivity contribution in [3.8, 4) is 0 Å². The molecule has 2 atom stereocenters. The molecular weight excluding hydrogens is 240 g/mol. The third-order valence-electron chi connectivity index (χ3n) is 4.34. The van der Waals surface area contributed by atoms with Gasteiger partial charge in [-0.1, -0.05) is 33.1 Å². The van der Waals surface area contributed by atoms with Crippen LogP contribution in [0.15, 0.2) is 0 Å². The largest absolute Gasteiger partial charge is 0.342 e. The third kappa shape index (κ3) is 3.71. The maximum absolute atomic E-state index is 12.4. The van der Waals surface area contributed by atoms with Crippen LogP contribution in [0.25, 0.3) is 0 Å². The number of unbranched alkanes of at least 4 members (excludes halogenated alkanes) is 1. The first kappa shape index (κ1) is 14.4. The monoisotopic (exact) mass is 266 g/mol. The number of nitrogens with zero attached hydrogens (tertiary/aromatic N) is 1. The molecule has 2 unspecified atom stereocenters. The van der Waals surface area contributed by atoms with Crippen LogP contribution in [0.5, 0.6) is 0 Å². The summed E-state index contributed by atoms with van der Waals surface area (Å²) in [4.78, 5) is 25.9. The van der Waals surface area contributed by atoms with Gasteiger partial charge in [-0.3, -0.25) is 9.59 Å². The number of hydrogen-bond donors (Lipinski definition) is 1. The minimum Gasteiger partial charge on any atom is -0.342 e. The van der Waals surface area contributed by atoms with E-state index in [0.717, 1.165) is 32.2 Å². The van der Waals surface area contributed by atoms with E-state index in [4.69, 9.17) is 0 Å². The van der Waals surface area contributed by atoms with E-state index >= 15 is 0 Å². The number of carbonyl (C=O) groups excluding carboxylic acids is 2. The van der Waals surface area contributed by atoms with Gasteiger partial charge in [0.05, 0.1) is 6.54 Å². The molecule has 108 valence electrons. The van der Waals surface area contributed by atoms with Gasteiger partial charge in [-0.2, -0.15) is 0 Å². The summed E-state index contributed by atoms with van der Waals surface area (Å²) in [6, 6.07) is -0.232. The minimum absolute atomic E-state index is 0.0156. The SMILES string of the molecule is CCCCC(CC)CN1CC(=O)NC(C2CC2)C1=O. The second kappa shape index (κ2) is 6.40. The highest BCUT2D eigenvalue weighted by atomic mass is 16.2. The predicted molar refractivity (Wildman–Crippen MR) is 74.5 cm³/mol. The summed E-state index contributed by atoms with van der Waals surface area (Å²) in [6.45, 7) is 5.37. The van der Waals surface area contributed by atoms with Crippen LogP contribution in [0.2, 0.25) is 0 Å². The average Bonchev–Trinajstić information content (AvgIpc) is 3.22. The van der Waals surface area contributed by atoms with Crippen LogP contribution in [0.3, 0.4) is 0 Å². The Hall–Kier alpha value is -1.06. The molecule has 1 aliphatic heterocycles. The molecule has 1 saturated heterocycles. The first-order chi connectivity index (χ1) is 9.15. The van der Waals surface area contributed by atoms with Gasteiger partial charge in [0.25, 0.3) is 0 Å². The van der Waals surface area contributed by atoms with Crippen LogP contribution < -0.4 is 5.32 Å². The molecule has 0 aromatic rings. The van der Waals surface area contributed by atoms with Crippen molar-refractivity contribution in [1.29, 1.82) is 0 Å². The van der Waals surface area contributed by atoms with E-state index in [1.807, 2.05) is 0 Å². The summed E-state index contributed by atoms with van der Waals surface area (Å²) in [5, 5.41) is 2.86. The summed E-state index contributed by atoms with van der Waals surface area (Å²) in [5.41, 5.74) is 0. The van der Waals surface area contributed by atoms with Crippen LogP contribution in [0.1, 0.15) is 52.4 Å². The molecule has 0 spiro atoms. The van der Waals surface area contributed by atoms with Crippen molar-refractivity contribution in [2.75, 3.05) is 13.1 Å². The van der Waals surface area contributed by atoms with Crippen molar-refractivity contribution in [3.05, 3.63) is 0 Å². The lowest BCUT2D eigenvalue weighted by Crippen LogP contribution is -2.59. The smallest absolute Gasteiger partial charge is 0.245 e. The number of piperazine rings is 1. The van der Waals surface area contributed by atoms with Gasteiger partial charge in [-0.15, -0.1) is 0 Å². The van der Waals surface area contributed by atoms with Crippen molar-refractivity contribution < 1.29 is 9.59 Å². The Labute approximate surface area is 115 Å². The maximum atomic E-state index is 12.4. The molecule has 1 aliphatic carbocycles. The van der Waals surface area contributed by atoms with E-state index in [0.29, 0.717) is 11.8 Å². The Bertz CT molecular complexity index is 339. The lowest BCUT2D eigenvalue weighted by molar-refractivity contribution is -0.145. The van der Waals surface area contributed by atoms with E-state index in [1.165, 1.54) is 12.8 Å². The van der Waals surface area contributed by atoms with E-state index in [2.05, 4.69) is 19.2 Å². The summed E-state index contributed by atoms with van der Waals surface area (Å²) in [5.74, 6) is 1.10. The lowest BCUT2D eigenvalue weighted by atomic mass is 9.97. The van der Waals surface area contributed by atoms with E-state index in [-0.39, 0.29) is 24.4 Å². The van der Waals surface area contributed by atoms with Gasteiger partial charge in [0.2, 0.25) is 11.8 Å². The first-order valence-corrected chi connectivity index (χ1v) is 7.73. The number of hydrogen-bond acceptors (Lipinski definition) is 2. The van der Waals surface area contributed by atoms with E-state index < -0.39 is 0 Å². The Balaban J connectivity index is 1.92. The minimum atomic E-state index is -0.232. The summed E-state index contributed by atoms with van der Waals surface area (Å²) in [6.07, 6.45) is 6.80. The molecule has 4 heteroatoms. The Morgan fingerprint density at radius 3 is 2.63 bits per heavy atom. The second-order valence-electron chi connectivity index (χ2n) is 6.02. The van der Waals surface area contributed by atoms with Crippen molar-refractivity contribution in [2.45, 2.75) is 58.4 Å². The van der Waals surface area contributed by atoms with Gasteiger partial charge < -0.3 is 10.2 Å². The highest BCUT2D eigenvalue weighted by Crippen LogP contribution is 2.34. The summed E-state index contributed by atoms with van der Waals surface area (Å²) < 4.78 is 0. The van der Waals surface area contributed by atoms with Crippen molar-refractivity contribution >= 4 is 11.8 Å². The van der Waals surface area contributed by atoms with Crippen LogP contribution in [0.4, 0.5) is 0 Å². The van der Waals surface area contributed by atoms with Crippen LogP contribution >= 0.6 is 0 Å². The van der Waals surface area contributed by atoms with Crippen molar-refractivity contribution in [3.63, 3.8) is 0 Å². The highest BCUT2D eigenvalue weighted by Gasteiger charge is 2.42. The summed E-state index contributed by atoms with van der Waals surface area (Å²) >= 11 is 0. The quantitative estimate of drug-likeness (QED) is 0.765. The van der Waals surface area contributed by atoms with Crippen LogP contribution in [-0.4, -0.2) is 35.8 Å². The molecule has 1 saturated carbocycles. The van der Waals surface area contributed by atoms with Crippen molar-refractivity contribution in [2.24, 2.45) is 11.8 Å². The molecular formula is C15H26N2O2. The van der Waals surface area contributed by atoms with Gasteiger partial charge >= 0.3 is 0 Å². The molecule has 0 aromatic carbocycles. The second-order valence-corrected chi connectivity index (χ2v) is 6.02. The number of carbonyl (C=O) groups is 2. The highest BCUT2D eigenvalue weighted by molar-refractivity contribution is 5.95. The zero-order chi connectivity index (χ0) is 13.8. The fourth-order valence-electron chi connectivity index (χ4n) is 2.86. The Morgan fingerprint density at radius 1 is 1.32 bits per heavy atom. The van der Waals surface area contributed by atoms with Crippen LogP contribution in [0, 0.1) is 11.8 Å². The molecule has 1 heterocycles. The van der Waals surface area contributed by atoms with Gasteiger partial charge in [0, 0.05) is 6.54 Å². The standard InChI is InChI=1S/C15H26N2O2/c1-3-5-6-11(4-2)9-17-10-13(18)16-14(15(17)19)12-7-8-12/h11-12,14H,3-10H2,1-2H3,(H,16,18). The van der Waals surface area contributed by atoms with Gasteiger partial charge in [0.1, 0.15) is 6.04 Å². The number of rotatable bonds is 7.